The van der Waals surface area contributed by atoms with Crippen molar-refractivity contribution >= 4 is 22.9 Å². The van der Waals surface area contributed by atoms with Gasteiger partial charge in [0.2, 0.25) is 5.95 Å². The van der Waals surface area contributed by atoms with Crippen LogP contribution in [0.25, 0.3) is 11.2 Å². The minimum absolute atomic E-state index is 0.671. The summed E-state index contributed by atoms with van der Waals surface area (Å²) in [5.74, 6) is 2.41. The SMILES string of the molecule is CCCNc1nc(N(C)CC2CCCC2)c2[nH]cnc2n1. The van der Waals surface area contributed by atoms with Crippen LogP contribution >= 0.6 is 0 Å². The highest BCUT2D eigenvalue weighted by molar-refractivity contribution is 5.84. The summed E-state index contributed by atoms with van der Waals surface area (Å²) in [5, 5.41) is 3.26. The first-order valence-electron chi connectivity index (χ1n) is 7.94. The molecule has 1 aliphatic carbocycles. The Morgan fingerprint density at radius 3 is 2.90 bits per heavy atom. The van der Waals surface area contributed by atoms with Gasteiger partial charge in [0.15, 0.2) is 11.5 Å². The monoisotopic (exact) mass is 288 g/mol. The van der Waals surface area contributed by atoms with Crippen molar-refractivity contribution in [2.24, 2.45) is 5.92 Å². The highest BCUT2D eigenvalue weighted by Crippen LogP contribution is 2.28. The molecule has 114 valence electrons. The van der Waals surface area contributed by atoms with Gasteiger partial charge in [-0.1, -0.05) is 19.8 Å². The molecular weight excluding hydrogens is 264 g/mol. The van der Waals surface area contributed by atoms with E-state index in [4.69, 9.17) is 0 Å². The summed E-state index contributed by atoms with van der Waals surface area (Å²) in [6.45, 7) is 4.06. The molecule has 2 N–H and O–H groups in total. The summed E-state index contributed by atoms with van der Waals surface area (Å²) in [4.78, 5) is 18.8. The van der Waals surface area contributed by atoms with Gasteiger partial charge in [0.05, 0.1) is 6.33 Å². The Morgan fingerprint density at radius 2 is 2.14 bits per heavy atom. The number of nitrogens with zero attached hydrogens (tertiary/aromatic N) is 4. The van der Waals surface area contributed by atoms with Crippen LogP contribution in [0.4, 0.5) is 11.8 Å². The van der Waals surface area contributed by atoms with Crippen LogP contribution < -0.4 is 10.2 Å². The normalized spacial score (nSPS) is 15.7. The van der Waals surface area contributed by atoms with Crippen LogP contribution in [0.15, 0.2) is 6.33 Å². The molecule has 0 bridgehead atoms. The van der Waals surface area contributed by atoms with Crippen LogP contribution in [-0.4, -0.2) is 40.1 Å². The molecule has 3 rings (SSSR count). The number of rotatable bonds is 6. The van der Waals surface area contributed by atoms with Crippen LogP contribution in [0.1, 0.15) is 39.0 Å². The molecule has 0 spiro atoms. The first kappa shape index (κ1) is 14.1. The van der Waals surface area contributed by atoms with Crippen LogP contribution in [0.5, 0.6) is 0 Å². The number of H-pyrrole nitrogens is 1. The second kappa shape index (κ2) is 6.28. The largest absolute Gasteiger partial charge is 0.357 e. The Morgan fingerprint density at radius 1 is 1.33 bits per heavy atom. The Labute approximate surface area is 125 Å². The zero-order chi connectivity index (χ0) is 14.7. The third-order valence-electron chi connectivity index (χ3n) is 4.17. The summed E-state index contributed by atoms with van der Waals surface area (Å²) in [7, 11) is 2.12. The molecule has 1 fully saturated rings. The van der Waals surface area contributed by atoms with E-state index in [0.717, 1.165) is 42.4 Å². The molecule has 6 nitrogen and oxygen atoms in total. The quantitative estimate of drug-likeness (QED) is 0.855. The predicted molar refractivity (Wildman–Crippen MR) is 85.7 cm³/mol. The van der Waals surface area contributed by atoms with Gasteiger partial charge in [0.1, 0.15) is 5.52 Å². The van der Waals surface area contributed by atoms with Crippen LogP contribution in [-0.2, 0) is 0 Å². The van der Waals surface area contributed by atoms with E-state index in [1.807, 2.05) is 0 Å². The Kier molecular flexibility index (Phi) is 4.22. The zero-order valence-corrected chi connectivity index (χ0v) is 12.9. The average molecular weight is 288 g/mol. The summed E-state index contributed by atoms with van der Waals surface area (Å²) >= 11 is 0. The smallest absolute Gasteiger partial charge is 0.226 e. The molecule has 2 aromatic heterocycles. The molecule has 2 aromatic rings. The minimum Gasteiger partial charge on any atom is -0.357 e. The summed E-state index contributed by atoms with van der Waals surface area (Å²) < 4.78 is 0. The molecule has 1 aliphatic rings. The Bertz CT molecular complexity index is 587. The number of nitrogens with one attached hydrogen (secondary N) is 2. The molecule has 0 saturated heterocycles. The van der Waals surface area contributed by atoms with Crippen molar-refractivity contribution in [1.29, 1.82) is 0 Å². The van der Waals surface area contributed by atoms with E-state index in [2.05, 4.69) is 44.1 Å². The van der Waals surface area contributed by atoms with Crippen molar-refractivity contribution in [2.75, 3.05) is 30.4 Å². The molecule has 0 aliphatic heterocycles. The third kappa shape index (κ3) is 3.09. The molecule has 1 saturated carbocycles. The van der Waals surface area contributed by atoms with Crippen LogP contribution in [0.3, 0.4) is 0 Å². The van der Waals surface area contributed by atoms with Gasteiger partial charge >= 0.3 is 0 Å². The second-order valence-electron chi connectivity index (χ2n) is 5.93. The lowest BCUT2D eigenvalue weighted by Gasteiger charge is -2.22. The van der Waals surface area contributed by atoms with Gasteiger partial charge in [-0.15, -0.1) is 0 Å². The van der Waals surface area contributed by atoms with Crippen molar-refractivity contribution in [1.82, 2.24) is 19.9 Å². The fourth-order valence-electron chi connectivity index (χ4n) is 3.08. The number of anilines is 2. The lowest BCUT2D eigenvalue weighted by atomic mass is 10.1. The van der Waals surface area contributed by atoms with E-state index < -0.39 is 0 Å². The van der Waals surface area contributed by atoms with Gasteiger partial charge in [0, 0.05) is 20.1 Å². The molecule has 6 heteroatoms. The van der Waals surface area contributed by atoms with Crippen LogP contribution in [0.2, 0.25) is 0 Å². The third-order valence-corrected chi connectivity index (χ3v) is 4.17. The standard InChI is InChI=1S/C15H24N6/c1-3-8-16-15-19-13-12(17-10-18-13)14(20-15)21(2)9-11-6-4-5-7-11/h10-11H,3-9H2,1-2H3,(H2,16,17,18,19,20). The average Bonchev–Trinajstić information content (AvgIpc) is 3.14. The van der Waals surface area contributed by atoms with Gasteiger partial charge < -0.3 is 15.2 Å². The maximum absolute atomic E-state index is 4.69. The maximum atomic E-state index is 4.69. The van der Waals surface area contributed by atoms with Gasteiger partial charge in [-0.25, -0.2) is 4.98 Å². The highest BCUT2D eigenvalue weighted by atomic mass is 15.2. The molecular formula is C15H24N6. The fourth-order valence-corrected chi connectivity index (χ4v) is 3.08. The van der Waals surface area contributed by atoms with Crippen molar-refractivity contribution in [3.8, 4) is 0 Å². The first-order chi connectivity index (χ1) is 10.3. The minimum atomic E-state index is 0.671. The fraction of sp³-hybridized carbons (Fsp3) is 0.667. The van der Waals surface area contributed by atoms with Crippen molar-refractivity contribution < 1.29 is 0 Å². The molecule has 0 aromatic carbocycles. The van der Waals surface area contributed by atoms with Gasteiger partial charge in [-0.3, -0.25) is 0 Å². The number of aromatic amines is 1. The second-order valence-corrected chi connectivity index (χ2v) is 5.93. The number of hydrogen-bond acceptors (Lipinski definition) is 5. The molecule has 0 amide bonds. The number of hydrogen-bond donors (Lipinski definition) is 2. The maximum Gasteiger partial charge on any atom is 0.226 e. The van der Waals surface area contributed by atoms with Gasteiger partial charge in [-0.05, 0) is 25.2 Å². The molecule has 21 heavy (non-hydrogen) atoms. The molecule has 2 heterocycles. The Hall–Kier alpha value is -1.85. The van der Waals surface area contributed by atoms with Crippen molar-refractivity contribution in [3.05, 3.63) is 6.33 Å². The van der Waals surface area contributed by atoms with E-state index >= 15 is 0 Å². The highest BCUT2D eigenvalue weighted by Gasteiger charge is 2.20. The molecule has 0 atom stereocenters. The van der Waals surface area contributed by atoms with E-state index in [1.54, 1.807) is 6.33 Å². The zero-order valence-electron chi connectivity index (χ0n) is 12.9. The van der Waals surface area contributed by atoms with E-state index in [-0.39, 0.29) is 0 Å². The predicted octanol–water partition coefficient (Wildman–Crippen LogP) is 2.80. The van der Waals surface area contributed by atoms with Gasteiger partial charge in [0.25, 0.3) is 0 Å². The first-order valence-corrected chi connectivity index (χ1v) is 7.94. The number of fused-ring (bicyclic) bond motifs is 1. The van der Waals surface area contributed by atoms with Crippen LogP contribution in [0, 0.1) is 5.92 Å². The summed E-state index contributed by atoms with van der Waals surface area (Å²) in [6, 6.07) is 0. The molecule has 0 unspecified atom stereocenters. The Balaban J connectivity index is 1.85. The topological polar surface area (TPSA) is 69.7 Å². The molecule has 0 radical (unpaired) electrons. The summed E-state index contributed by atoms with van der Waals surface area (Å²) in [6.07, 6.45) is 8.14. The van der Waals surface area contributed by atoms with Crippen molar-refractivity contribution in [3.63, 3.8) is 0 Å². The van der Waals surface area contributed by atoms with Crippen molar-refractivity contribution in [2.45, 2.75) is 39.0 Å². The van der Waals surface area contributed by atoms with E-state index in [1.165, 1.54) is 25.7 Å². The number of imidazole rings is 1. The lowest BCUT2D eigenvalue weighted by molar-refractivity contribution is 0.545. The lowest BCUT2D eigenvalue weighted by Crippen LogP contribution is -2.25. The number of aromatic nitrogens is 4. The van der Waals surface area contributed by atoms with Gasteiger partial charge in [-0.2, -0.15) is 9.97 Å². The van der Waals surface area contributed by atoms with E-state index in [9.17, 15) is 0 Å². The van der Waals surface area contributed by atoms with E-state index in [0.29, 0.717) is 5.95 Å². The summed E-state index contributed by atoms with van der Waals surface area (Å²) in [5.41, 5.74) is 1.66.